The molecule has 0 aromatic carbocycles. The highest BCUT2D eigenvalue weighted by Crippen LogP contribution is 2.36. The van der Waals surface area contributed by atoms with E-state index in [9.17, 15) is 9.59 Å². The molecule has 1 saturated heterocycles. The van der Waals surface area contributed by atoms with Crippen molar-refractivity contribution in [3.05, 3.63) is 69.7 Å². The van der Waals surface area contributed by atoms with Gasteiger partial charge in [0.25, 0.3) is 0 Å². The Bertz CT molecular complexity index is 1240. The number of hydrogen-bond donors (Lipinski definition) is 2. The predicted molar refractivity (Wildman–Crippen MR) is 162 cm³/mol. The number of carbonyl (C=O) groups excluding carboxylic acids is 2. The minimum Gasteiger partial charge on any atom is -0.465 e. The SMILES string of the molecule is COC(=O)c1cnc(N)c(Br)c1.COC(=O)c1cnc(N)c(C=C(C)C)c1.[CH2+]C1(C)OB(C=C(C)C)OC1(C)C. The summed E-state index contributed by atoms with van der Waals surface area (Å²) in [5, 5.41) is 0. The van der Waals surface area contributed by atoms with Crippen LogP contribution in [-0.2, 0) is 18.8 Å². The predicted octanol–water partition coefficient (Wildman–Crippen LogP) is 5.48. The first-order chi connectivity index (χ1) is 18.4. The van der Waals surface area contributed by atoms with Gasteiger partial charge in [-0.05, 0) is 69.6 Å². The fourth-order valence-corrected chi connectivity index (χ4v) is 3.35. The molecule has 0 amide bonds. The van der Waals surface area contributed by atoms with Gasteiger partial charge < -0.3 is 30.2 Å². The standard InChI is InChI=1S/C11H14N2O2.C10H18BO2.C7H7BrN2O2/c1-7(2)4-8-5-9(11(14)15-3)6-13-10(8)12;1-8(2)7-11-12-9(3,4)10(5,6)13-11;1-12-7(11)4-2-5(8)6(9)10-3-4/h4-6H,1-3H3,(H2,12,13);7H,3H2,1-2,4-6H3;2-3H,1H3,(H2,9,10)/q;+1;. The van der Waals surface area contributed by atoms with Crippen LogP contribution in [0.2, 0.25) is 0 Å². The van der Waals surface area contributed by atoms with Crippen molar-refractivity contribution in [1.82, 2.24) is 9.97 Å². The van der Waals surface area contributed by atoms with Crippen LogP contribution in [0.15, 0.2) is 46.1 Å². The van der Waals surface area contributed by atoms with E-state index in [1.165, 1.54) is 32.2 Å². The second-order valence-electron chi connectivity index (χ2n) is 10.1. The lowest BCUT2D eigenvalue weighted by atomic mass is 9.88. The van der Waals surface area contributed by atoms with Crippen molar-refractivity contribution in [2.45, 2.75) is 59.7 Å². The molecule has 0 saturated carbocycles. The lowest BCUT2D eigenvalue weighted by molar-refractivity contribution is 0.0262. The minimum absolute atomic E-state index is 0.248. The van der Waals surface area contributed by atoms with E-state index in [0.29, 0.717) is 27.2 Å². The molecular formula is C28H39BBrN4O6+. The van der Waals surface area contributed by atoms with Gasteiger partial charge in [0.2, 0.25) is 5.60 Å². The lowest BCUT2D eigenvalue weighted by Crippen LogP contribution is -2.42. The van der Waals surface area contributed by atoms with Gasteiger partial charge in [-0.3, -0.25) is 0 Å². The molecule has 2 aromatic rings. The zero-order valence-electron chi connectivity index (χ0n) is 24.6. The summed E-state index contributed by atoms with van der Waals surface area (Å²) in [5.74, 6) is 1.89. The number of pyridine rings is 2. The van der Waals surface area contributed by atoms with Gasteiger partial charge in [-0.25, -0.2) is 19.6 Å². The normalized spacial score (nSPS) is 16.8. The fourth-order valence-electron chi connectivity index (χ4n) is 3.00. The average Bonchev–Trinajstić information content (AvgIpc) is 3.06. The molecule has 10 nitrogen and oxygen atoms in total. The molecule has 2 aromatic heterocycles. The maximum absolute atomic E-state index is 11.2. The number of nitrogen functional groups attached to an aromatic ring is 2. The van der Waals surface area contributed by atoms with Gasteiger partial charge in [-0.2, -0.15) is 0 Å². The largest absolute Gasteiger partial charge is 0.490 e. The fraction of sp³-hybridized carbons (Fsp3) is 0.393. The number of hydrogen-bond acceptors (Lipinski definition) is 10. The molecule has 1 aliphatic rings. The maximum atomic E-state index is 11.2. The molecule has 4 N–H and O–H groups in total. The first kappa shape index (κ1) is 34.7. The third kappa shape index (κ3) is 10.3. The van der Waals surface area contributed by atoms with Crippen molar-refractivity contribution in [2.24, 2.45) is 0 Å². The van der Waals surface area contributed by atoms with Crippen LogP contribution in [0.5, 0.6) is 0 Å². The number of esters is 2. The van der Waals surface area contributed by atoms with Crippen LogP contribution in [0.3, 0.4) is 0 Å². The molecule has 40 heavy (non-hydrogen) atoms. The topological polar surface area (TPSA) is 149 Å². The van der Waals surface area contributed by atoms with E-state index >= 15 is 0 Å². The highest BCUT2D eigenvalue weighted by atomic mass is 79.9. The van der Waals surface area contributed by atoms with E-state index in [1.54, 1.807) is 12.1 Å². The number of anilines is 2. The lowest BCUT2D eigenvalue weighted by Gasteiger charge is -2.25. The van der Waals surface area contributed by atoms with E-state index < -0.39 is 17.5 Å². The van der Waals surface area contributed by atoms with Crippen molar-refractivity contribution in [1.29, 1.82) is 0 Å². The van der Waals surface area contributed by atoms with Crippen molar-refractivity contribution >= 4 is 52.7 Å². The molecular weight excluding hydrogens is 579 g/mol. The second kappa shape index (κ2) is 14.9. The van der Waals surface area contributed by atoms with E-state index in [2.05, 4.69) is 42.3 Å². The number of allylic oxidation sites excluding steroid dienone is 2. The monoisotopic (exact) mass is 617 g/mol. The third-order valence-corrected chi connectivity index (χ3v) is 6.27. The van der Waals surface area contributed by atoms with Gasteiger partial charge in [-0.15, -0.1) is 0 Å². The highest BCUT2D eigenvalue weighted by Gasteiger charge is 2.55. The van der Waals surface area contributed by atoms with E-state index in [1.807, 2.05) is 60.5 Å². The van der Waals surface area contributed by atoms with Crippen LogP contribution in [0.25, 0.3) is 6.08 Å². The van der Waals surface area contributed by atoms with Crippen molar-refractivity contribution < 1.29 is 28.4 Å². The Morgan fingerprint density at radius 1 is 0.925 bits per heavy atom. The van der Waals surface area contributed by atoms with Crippen molar-refractivity contribution in [3.8, 4) is 0 Å². The van der Waals surface area contributed by atoms with Crippen LogP contribution in [-0.4, -0.2) is 54.4 Å². The molecule has 0 aliphatic carbocycles. The summed E-state index contributed by atoms with van der Waals surface area (Å²) in [6.07, 6.45) is 4.64. The molecule has 0 bridgehead atoms. The number of halogens is 1. The Hall–Kier alpha value is -3.35. The summed E-state index contributed by atoms with van der Waals surface area (Å²) in [6, 6.07) is 3.23. The molecule has 1 fully saturated rings. The number of aromatic nitrogens is 2. The molecule has 0 radical (unpaired) electrons. The molecule has 12 heteroatoms. The van der Waals surface area contributed by atoms with E-state index in [0.717, 1.165) is 11.1 Å². The summed E-state index contributed by atoms with van der Waals surface area (Å²) >= 11 is 3.15. The quantitative estimate of drug-likeness (QED) is 0.256. The summed E-state index contributed by atoms with van der Waals surface area (Å²) in [6.45, 7) is 17.9. The van der Waals surface area contributed by atoms with Gasteiger partial charge in [0.05, 0.1) is 36.7 Å². The molecule has 1 aliphatic heterocycles. The first-order valence-corrected chi connectivity index (χ1v) is 13.1. The third-order valence-electron chi connectivity index (χ3n) is 5.64. The van der Waals surface area contributed by atoms with E-state index in [-0.39, 0.29) is 12.7 Å². The number of nitrogens with two attached hydrogens (primary N) is 2. The van der Waals surface area contributed by atoms with Gasteiger partial charge in [0, 0.05) is 24.9 Å². The number of methoxy groups -OCH3 is 2. The Morgan fingerprint density at radius 3 is 1.82 bits per heavy atom. The van der Waals surface area contributed by atoms with Crippen LogP contribution < -0.4 is 11.5 Å². The molecule has 216 valence electrons. The zero-order valence-corrected chi connectivity index (χ0v) is 26.2. The van der Waals surface area contributed by atoms with Gasteiger partial charge >= 0.3 is 19.1 Å². The summed E-state index contributed by atoms with van der Waals surface area (Å²) in [7, 11) is 2.40. The van der Waals surface area contributed by atoms with Crippen molar-refractivity contribution in [3.63, 3.8) is 0 Å². The van der Waals surface area contributed by atoms with E-state index in [4.69, 9.17) is 20.8 Å². The number of carbonyl (C=O) groups is 2. The maximum Gasteiger partial charge on any atom is 0.490 e. The Labute approximate surface area is 245 Å². The minimum atomic E-state index is -0.469. The number of ether oxygens (including phenoxy) is 2. The summed E-state index contributed by atoms with van der Waals surface area (Å²) in [4.78, 5) is 29.9. The number of nitrogens with zero attached hydrogens (tertiary/aromatic N) is 2. The second-order valence-corrected chi connectivity index (χ2v) is 10.9. The molecule has 0 spiro atoms. The zero-order chi connectivity index (χ0) is 30.8. The first-order valence-electron chi connectivity index (χ1n) is 12.3. The molecule has 1 atom stereocenters. The molecule has 3 rings (SSSR count). The van der Waals surface area contributed by atoms with Crippen LogP contribution >= 0.6 is 15.9 Å². The Morgan fingerprint density at radius 2 is 1.43 bits per heavy atom. The van der Waals surface area contributed by atoms with Gasteiger partial charge in [0.15, 0.2) is 0 Å². The molecule has 1 unspecified atom stereocenters. The van der Waals surface area contributed by atoms with Crippen LogP contribution in [0, 0.1) is 6.92 Å². The molecule has 3 heterocycles. The summed E-state index contributed by atoms with van der Waals surface area (Å²) < 4.78 is 21.1. The van der Waals surface area contributed by atoms with Gasteiger partial charge in [-0.1, -0.05) is 23.2 Å². The van der Waals surface area contributed by atoms with Crippen molar-refractivity contribution in [2.75, 3.05) is 25.7 Å². The smallest absolute Gasteiger partial charge is 0.465 e. The Kier molecular flexibility index (Phi) is 12.9. The number of rotatable bonds is 4. The summed E-state index contributed by atoms with van der Waals surface area (Å²) in [5.41, 5.74) is 14.1. The highest BCUT2D eigenvalue weighted by molar-refractivity contribution is 9.10. The average molecular weight is 618 g/mol. The van der Waals surface area contributed by atoms with Crippen LogP contribution in [0.4, 0.5) is 11.6 Å². The van der Waals surface area contributed by atoms with Gasteiger partial charge in [0.1, 0.15) is 17.2 Å². The van der Waals surface area contributed by atoms with Crippen LogP contribution in [0.1, 0.15) is 74.7 Å². The Balaban J connectivity index is 0.000000302.